The highest BCUT2D eigenvalue weighted by Gasteiger charge is 2.47. The van der Waals surface area contributed by atoms with Crippen LogP contribution in [0.4, 0.5) is 0 Å². The molecule has 0 bridgehead atoms. The monoisotopic (exact) mass is 229 g/mol. The first-order chi connectivity index (χ1) is 7.64. The van der Waals surface area contributed by atoms with Gasteiger partial charge in [0, 0.05) is 32.6 Å². The van der Waals surface area contributed by atoms with Gasteiger partial charge in [0.25, 0.3) is 5.79 Å². The van der Waals surface area contributed by atoms with Crippen LogP contribution in [0.15, 0.2) is 23.6 Å². The number of nitrogens with two attached hydrogens (primary N) is 1. The molecule has 0 saturated carbocycles. The van der Waals surface area contributed by atoms with Gasteiger partial charge in [-0.1, -0.05) is 0 Å². The molecule has 0 saturated heterocycles. The second-order valence-corrected chi connectivity index (χ2v) is 3.34. The summed E-state index contributed by atoms with van der Waals surface area (Å²) in [7, 11) is 4.66. The van der Waals surface area contributed by atoms with Crippen molar-refractivity contribution in [3.63, 3.8) is 0 Å². The van der Waals surface area contributed by atoms with E-state index in [9.17, 15) is 0 Å². The van der Waals surface area contributed by atoms with Crippen LogP contribution in [-0.4, -0.2) is 39.8 Å². The maximum Gasteiger partial charge on any atom is 0.258 e. The minimum atomic E-state index is -1.05. The van der Waals surface area contributed by atoms with Crippen LogP contribution in [0.1, 0.15) is 6.92 Å². The highest BCUT2D eigenvalue weighted by Crippen LogP contribution is 2.34. The normalized spacial score (nSPS) is 29.6. The summed E-state index contributed by atoms with van der Waals surface area (Å²) < 4.78 is 21.7. The molecular weight excluding hydrogens is 210 g/mol. The molecule has 0 aromatic carbocycles. The lowest BCUT2D eigenvalue weighted by atomic mass is 10.00. The Morgan fingerprint density at radius 3 is 2.50 bits per heavy atom. The first-order valence-electron chi connectivity index (χ1n) is 5.10. The van der Waals surface area contributed by atoms with Gasteiger partial charge in [0.15, 0.2) is 5.76 Å². The summed E-state index contributed by atoms with van der Waals surface area (Å²) >= 11 is 0. The zero-order valence-corrected chi connectivity index (χ0v) is 10.1. The van der Waals surface area contributed by atoms with Crippen molar-refractivity contribution < 1.29 is 18.9 Å². The molecule has 0 radical (unpaired) electrons. The van der Waals surface area contributed by atoms with Crippen LogP contribution in [0.2, 0.25) is 0 Å². The maximum atomic E-state index is 5.75. The minimum Gasteiger partial charge on any atom is -0.495 e. The summed E-state index contributed by atoms with van der Waals surface area (Å²) in [6.45, 7) is 2.35. The van der Waals surface area contributed by atoms with E-state index in [1.807, 2.05) is 6.92 Å². The highest BCUT2D eigenvalue weighted by atomic mass is 16.7. The van der Waals surface area contributed by atoms with Gasteiger partial charge in [-0.05, 0) is 13.0 Å². The lowest BCUT2D eigenvalue weighted by molar-refractivity contribution is -0.257. The molecule has 16 heavy (non-hydrogen) atoms. The average molecular weight is 229 g/mol. The third-order valence-electron chi connectivity index (χ3n) is 2.50. The van der Waals surface area contributed by atoms with Crippen molar-refractivity contribution in [1.29, 1.82) is 0 Å². The minimum absolute atomic E-state index is 0.433. The second-order valence-electron chi connectivity index (χ2n) is 3.34. The van der Waals surface area contributed by atoms with Crippen molar-refractivity contribution in [1.82, 2.24) is 0 Å². The van der Waals surface area contributed by atoms with E-state index in [0.717, 1.165) is 0 Å². The molecule has 92 valence electrons. The van der Waals surface area contributed by atoms with Crippen LogP contribution >= 0.6 is 0 Å². The van der Waals surface area contributed by atoms with Gasteiger partial charge >= 0.3 is 0 Å². The quantitative estimate of drug-likeness (QED) is 0.705. The number of hydrogen-bond acceptors (Lipinski definition) is 5. The molecule has 2 N–H and O–H groups in total. The highest BCUT2D eigenvalue weighted by molar-refractivity contribution is 5.31. The summed E-state index contributed by atoms with van der Waals surface area (Å²) in [5.41, 5.74) is 6.32. The third-order valence-corrected chi connectivity index (χ3v) is 2.50. The molecule has 2 unspecified atom stereocenters. The molecule has 5 heteroatoms. The number of methoxy groups -OCH3 is 3. The largest absolute Gasteiger partial charge is 0.495 e. The van der Waals surface area contributed by atoms with Crippen LogP contribution in [0.25, 0.3) is 0 Å². The van der Waals surface area contributed by atoms with Gasteiger partial charge in [-0.3, -0.25) is 0 Å². The molecule has 1 aliphatic rings. The van der Waals surface area contributed by atoms with E-state index in [-0.39, 0.29) is 0 Å². The Labute approximate surface area is 95.8 Å². The third kappa shape index (κ3) is 2.07. The van der Waals surface area contributed by atoms with Crippen molar-refractivity contribution in [2.24, 2.45) is 5.73 Å². The van der Waals surface area contributed by atoms with Crippen LogP contribution in [0.5, 0.6) is 0 Å². The molecule has 0 aromatic rings. The average Bonchev–Trinajstić information content (AvgIpc) is 2.30. The van der Waals surface area contributed by atoms with Crippen LogP contribution in [-0.2, 0) is 18.9 Å². The number of ether oxygens (including phenoxy) is 4. The van der Waals surface area contributed by atoms with Gasteiger partial charge in [-0.25, -0.2) is 0 Å². The van der Waals surface area contributed by atoms with Crippen LogP contribution in [0.3, 0.4) is 0 Å². The Bertz CT molecular complexity index is 300. The Morgan fingerprint density at radius 1 is 1.38 bits per heavy atom. The predicted octanol–water partition coefficient (Wildman–Crippen LogP) is 0.767. The zero-order valence-electron chi connectivity index (χ0n) is 10.1. The van der Waals surface area contributed by atoms with Crippen molar-refractivity contribution in [3.8, 4) is 0 Å². The molecule has 5 nitrogen and oxygen atoms in total. The molecule has 0 spiro atoms. The van der Waals surface area contributed by atoms with Crippen molar-refractivity contribution in [2.75, 3.05) is 27.9 Å². The van der Waals surface area contributed by atoms with E-state index in [4.69, 9.17) is 24.7 Å². The number of hydrogen-bond donors (Lipinski definition) is 1. The van der Waals surface area contributed by atoms with E-state index < -0.39 is 11.9 Å². The Hall–Kier alpha value is -1.04. The van der Waals surface area contributed by atoms with E-state index in [2.05, 4.69) is 0 Å². The van der Waals surface area contributed by atoms with Crippen LogP contribution < -0.4 is 5.73 Å². The Balaban J connectivity index is 3.14. The fourth-order valence-corrected chi connectivity index (χ4v) is 1.79. The van der Waals surface area contributed by atoms with Gasteiger partial charge in [-0.2, -0.15) is 0 Å². The first kappa shape index (κ1) is 13.0. The van der Waals surface area contributed by atoms with E-state index in [1.54, 1.807) is 33.5 Å². The Kier molecular flexibility index (Phi) is 4.35. The summed E-state index contributed by atoms with van der Waals surface area (Å²) in [5, 5.41) is 0. The second kappa shape index (κ2) is 5.34. The fraction of sp³-hybridized carbons (Fsp3) is 0.636. The van der Waals surface area contributed by atoms with Crippen molar-refractivity contribution in [3.05, 3.63) is 23.6 Å². The summed E-state index contributed by atoms with van der Waals surface area (Å²) in [6, 6.07) is 0. The topological polar surface area (TPSA) is 62.9 Å². The Morgan fingerprint density at radius 2 is 2.06 bits per heavy atom. The van der Waals surface area contributed by atoms with E-state index >= 15 is 0 Å². The van der Waals surface area contributed by atoms with E-state index in [0.29, 0.717) is 18.1 Å². The number of rotatable bonds is 5. The van der Waals surface area contributed by atoms with Gasteiger partial charge < -0.3 is 24.7 Å². The molecule has 0 amide bonds. The van der Waals surface area contributed by atoms with Crippen molar-refractivity contribution in [2.45, 2.75) is 18.8 Å². The fourth-order valence-electron chi connectivity index (χ4n) is 1.79. The summed E-state index contributed by atoms with van der Waals surface area (Å²) in [5.74, 6) is -0.551. The summed E-state index contributed by atoms with van der Waals surface area (Å²) in [6.07, 6.45) is 2.98. The number of allylic oxidation sites excluding steroid dienone is 1. The van der Waals surface area contributed by atoms with Gasteiger partial charge in [0.2, 0.25) is 0 Å². The van der Waals surface area contributed by atoms with Gasteiger partial charge in [-0.15, -0.1) is 0 Å². The smallest absolute Gasteiger partial charge is 0.258 e. The standard InChI is InChI=1S/C11H19NO4/c1-5-16-11(15-4)9(13-2)6-8(12)7-10(11)14-3/h6-7,9H,5,12H2,1-4H3. The predicted molar refractivity (Wildman–Crippen MR) is 59.5 cm³/mol. The summed E-state index contributed by atoms with van der Waals surface area (Å²) in [4.78, 5) is 0. The molecule has 0 heterocycles. The molecule has 0 fully saturated rings. The molecule has 2 atom stereocenters. The maximum absolute atomic E-state index is 5.75. The van der Waals surface area contributed by atoms with E-state index in [1.165, 1.54) is 0 Å². The molecular formula is C11H19NO4. The van der Waals surface area contributed by atoms with Gasteiger partial charge in [0.05, 0.1) is 7.11 Å². The molecule has 1 aliphatic carbocycles. The van der Waals surface area contributed by atoms with Gasteiger partial charge in [0.1, 0.15) is 6.10 Å². The van der Waals surface area contributed by atoms with Crippen LogP contribution in [0, 0.1) is 0 Å². The first-order valence-corrected chi connectivity index (χ1v) is 5.10. The molecule has 0 aromatic heterocycles. The molecule has 0 aliphatic heterocycles. The van der Waals surface area contributed by atoms with Crippen molar-refractivity contribution >= 4 is 0 Å². The molecule has 1 rings (SSSR count). The lowest BCUT2D eigenvalue weighted by Gasteiger charge is -2.39. The zero-order chi connectivity index (χ0) is 12.2. The SMILES string of the molecule is CCOC1(OC)C(OC)=CC(N)=CC1OC. The lowest BCUT2D eigenvalue weighted by Crippen LogP contribution is -2.51.